The number of imidazole rings is 1. The topological polar surface area (TPSA) is 48.7 Å². The third-order valence-electron chi connectivity index (χ3n) is 5.14. The summed E-state index contributed by atoms with van der Waals surface area (Å²) in [4.78, 5) is 13.8. The lowest BCUT2D eigenvalue weighted by molar-refractivity contribution is 0.168. The second-order valence-corrected chi connectivity index (χ2v) is 6.63. The van der Waals surface area contributed by atoms with E-state index in [2.05, 4.69) is 29.7 Å². The number of aliphatic imine (C=N–C) groups is 1. The molecule has 0 bridgehead atoms. The number of aromatic nitrogens is 2. The van der Waals surface area contributed by atoms with Gasteiger partial charge in [0.15, 0.2) is 5.96 Å². The van der Waals surface area contributed by atoms with Gasteiger partial charge in [0.05, 0.1) is 0 Å². The molecule has 1 unspecified atom stereocenters. The molecule has 0 radical (unpaired) electrons. The van der Waals surface area contributed by atoms with Gasteiger partial charge in [-0.15, -0.1) is 24.0 Å². The van der Waals surface area contributed by atoms with Gasteiger partial charge in [-0.2, -0.15) is 0 Å². The molecule has 0 saturated carbocycles. The van der Waals surface area contributed by atoms with Crippen molar-refractivity contribution in [2.75, 3.05) is 39.8 Å². The smallest absolute Gasteiger partial charge is 0.193 e. The molecular weight excluding hydrogens is 415 g/mol. The van der Waals surface area contributed by atoms with E-state index < -0.39 is 0 Å². The van der Waals surface area contributed by atoms with Gasteiger partial charge in [0.25, 0.3) is 0 Å². The first-order valence-corrected chi connectivity index (χ1v) is 8.95. The van der Waals surface area contributed by atoms with E-state index in [9.17, 15) is 0 Å². The first kappa shape index (κ1) is 19.5. The van der Waals surface area contributed by atoms with Gasteiger partial charge in [0, 0.05) is 51.7 Å². The standard InChI is InChI=1S/C17H30N6.HI/c1-15-19-7-12-21(15)13-8-20-17(18-2)23-11-6-16(14-23)22-9-4-3-5-10-22;/h7,12,16H,3-6,8-11,13-14H2,1-2H3,(H,18,20);1H. The lowest BCUT2D eigenvalue weighted by Gasteiger charge is -2.32. The van der Waals surface area contributed by atoms with Crippen LogP contribution in [0.25, 0.3) is 0 Å². The van der Waals surface area contributed by atoms with Gasteiger partial charge in [-0.3, -0.25) is 9.89 Å². The third-order valence-corrected chi connectivity index (χ3v) is 5.14. The van der Waals surface area contributed by atoms with Gasteiger partial charge in [0.2, 0.25) is 0 Å². The number of nitrogens with one attached hydrogen (secondary N) is 1. The highest BCUT2D eigenvalue weighted by Gasteiger charge is 2.29. The van der Waals surface area contributed by atoms with Gasteiger partial charge in [-0.1, -0.05) is 6.42 Å². The van der Waals surface area contributed by atoms with E-state index in [0.717, 1.165) is 38.0 Å². The maximum atomic E-state index is 4.48. The highest BCUT2D eigenvalue weighted by Crippen LogP contribution is 2.20. The summed E-state index contributed by atoms with van der Waals surface area (Å²) in [6.45, 7) is 8.64. The fourth-order valence-electron chi connectivity index (χ4n) is 3.78. The molecule has 1 aromatic rings. The molecule has 0 aromatic carbocycles. The summed E-state index contributed by atoms with van der Waals surface area (Å²) in [6.07, 6.45) is 9.29. The van der Waals surface area contributed by atoms with E-state index in [0.29, 0.717) is 6.04 Å². The van der Waals surface area contributed by atoms with Crippen LogP contribution in [0.2, 0.25) is 0 Å². The Morgan fingerprint density at radius 3 is 2.75 bits per heavy atom. The minimum Gasteiger partial charge on any atom is -0.354 e. The fraction of sp³-hybridized carbons (Fsp3) is 0.765. The number of nitrogens with zero attached hydrogens (tertiary/aromatic N) is 5. The summed E-state index contributed by atoms with van der Waals surface area (Å²) in [7, 11) is 1.89. The predicted octanol–water partition coefficient (Wildman–Crippen LogP) is 1.95. The Morgan fingerprint density at radius 2 is 2.08 bits per heavy atom. The van der Waals surface area contributed by atoms with Crippen LogP contribution < -0.4 is 5.32 Å². The lowest BCUT2D eigenvalue weighted by Crippen LogP contribution is -2.45. The van der Waals surface area contributed by atoms with Crippen LogP contribution in [0.5, 0.6) is 0 Å². The van der Waals surface area contributed by atoms with E-state index in [-0.39, 0.29) is 24.0 Å². The van der Waals surface area contributed by atoms with Gasteiger partial charge in [-0.25, -0.2) is 4.98 Å². The second kappa shape index (κ2) is 9.60. The molecule has 1 N–H and O–H groups in total. The third kappa shape index (κ3) is 4.84. The first-order valence-electron chi connectivity index (χ1n) is 8.95. The van der Waals surface area contributed by atoms with Crippen LogP contribution in [0, 0.1) is 6.92 Å². The number of halogens is 1. The van der Waals surface area contributed by atoms with Crippen molar-refractivity contribution in [3.8, 4) is 0 Å². The van der Waals surface area contributed by atoms with E-state index in [1.165, 1.54) is 38.8 Å². The van der Waals surface area contributed by atoms with Crippen LogP contribution in [0.3, 0.4) is 0 Å². The average molecular weight is 446 g/mol. The van der Waals surface area contributed by atoms with Gasteiger partial charge in [0.1, 0.15) is 5.82 Å². The Hall–Kier alpha value is -0.830. The van der Waals surface area contributed by atoms with Crippen molar-refractivity contribution in [2.24, 2.45) is 4.99 Å². The lowest BCUT2D eigenvalue weighted by atomic mass is 10.1. The Balaban J connectivity index is 0.00000208. The molecule has 0 spiro atoms. The van der Waals surface area contributed by atoms with Crippen LogP contribution in [0.1, 0.15) is 31.5 Å². The Labute approximate surface area is 162 Å². The Bertz CT molecular complexity index is 523. The molecule has 1 atom stereocenters. The van der Waals surface area contributed by atoms with E-state index in [4.69, 9.17) is 0 Å². The zero-order valence-electron chi connectivity index (χ0n) is 14.9. The van der Waals surface area contributed by atoms with Gasteiger partial charge < -0.3 is 14.8 Å². The minimum atomic E-state index is 0. The molecule has 2 aliphatic heterocycles. The molecule has 1 aromatic heterocycles. The Kier molecular flexibility index (Phi) is 7.80. The number of likely N-dealkylation sites (tertiary alicyclic amines) is 2. The summed E-state index contributed by atoms with van der Waals surface area (Å²) >= 11 is 0. The maximum absolute atomic E-state index is 4.48. The SMILES string of the molecule is CN=C(NCCn1ccnc1C)N1CCC(N2CCCCC2)C1.I. The molecular formula is C17H31IN6. The van der Waals surface area contributed by atoms with E-state index in [1.54, 1.807) is 0 Å². The Morgan fingerprint density at radius 1 is 1.29 bits per heavy atom. The summed E-state index contributed by atoms with van der Waals surface area (Å²) in [5.74, 6) is 2.11. The van der Waals surface area contributed by atoms with Crippen LogP contribution >= 0.6 is 24.0 Å². The second-order valence-electron chi connectivity index (χ2n) is 6.63. The van der Waals surface area contributed by atoms with Crippen molar-refractivity contribution in [3.05, 3.63) is 18.2 Å². The van der Waals surface area contributed by atoms with Crippen LogP contribution in [0.15, 0.2) is 17.4 Å². The van der Waals surface area contributed by atoms with Crippen molar-refractivity contribution in [2.45, 2.75) is 45.2 Å². The van der Waals surface area contributed by atoms with Crippen molar-refractivity contribution in [1.29, 1.82) is 0 Å². The average Bonchev–Trinajstić information content (AvgIpc) is 3.22. The van der Waals surface area contributed by atoms with Gasteiger partial charge in [-0.05, 0) is 39.3 Å². The van der Waals surface area contributed by atoms with Crippen LogP contribution in [-0.4, -0.2) is 71.1 Å². The quantitative estimate of drug-likeness (QED) is 0.437. The number of hydrogen-bond donors (Lipinski definition) is 1. The summed E-state index contributed by atoms with van der Waals surface area (Å²) in [6, 6.07) is 0.713. The maximum Gasteiger partial charge on any atom is 0.193 e. The zero-order valence-corrected chi connectivity index (χ0v) is 17.3. The van der Waals surface area contributed by atoms with Gasteiger partial charge >= 0.3 is 0 Å². The molecule has 2 saturated heterocycles. The summed E-state index contributed by atoms with van der Waals surface area (Å²) in [5, 5.41) is 3.51. The highest BCUT2D eigenvalue weighted by molar-refractivity contribution is 14.0. The van der Waals surface area contributed by atoms with Crippen LogP contribution in [0.4, 0.5) is 0 Å². The van der Waals surface area contributed by atoms with Crippen molar-refractivity contribution >= 4 is 29.9 Å². The number of hydrogen-bond acceptors (Lipinski definition) is 3. The van der Waals surface area contributed by atoms with E-state index in [1.807, 2.05) is 26.4 Å². The zero-order chi connectivity index (χ0) is 16.1. The molecule has 3 heterocycles. The molecule has 0 aliphatic carbocycles. The summed E-state index contributed by atoms with van der Waals surface area (Å²) < 4.78 is 2.17. The predicted molar refractivity (Wildman–Crippen MR) is 109 cm³/mol. The molecule has 24 heavy (non-hydrogen) atoms. The monoisotopic (exact) mass is 446 g/mol. The molecule has 2 aliphatic rings. The first-order chi connectivity index (χ1) is 11.3. The number of piperidine rings is 1. The summed E-state index contributed by atoms with van der Waals surface area (Å²) in [5.41, 5.74) is 0. The molecule has 3 rings (SSSR count). The fourth-order valence-corrected chi connectivity index (χ4v) is 3.78. The van der Waals surface area contributed by atoms with Crippen molar-refractivity contribution in [3.63, 3.8) is 0 Å². The number of guanidine groups is 1. The molecule has 136 valence electrons. The van der Waals surface area contributed by atoms with Crippen molar-refractivity contribution in [1.82, 2.24) is 24.7 Å². The largest absolute Gasteiger partial charge is 0.354 e. The van der Waals surface area contributed by atoms with Crippen molar-refractivity contribution < 1.29 is 0 Å². The molecule has 0 amide bonds. The molecule has 7 heteroatoms. The number of rotatable bonds is 4. The normalized spacial score (nSPS) is 22.5. The number of aryl methyl sites for hydroxylation is 1. The highest BCUT2D eigenvalue weighted by atomic mass is 127. The molecule has 2 fully saturated rings. The minimum absolute atomic E-state index is 0. The van der Waals surface area contributed by atoms with Crippen LogP contribution in [-0.2, 0) is 6.54 Å². The molecule has 6 nitrogen and oxygen atoms in total. The van der Waals surface area contributed by atoms with E-state index >= 15 is 0 Å².